The van der Waals surface area contributed by atoms with Crippen LogP contribution in [-0.4, -0.2) is 39.0 Å². The Kier molecular flexibility index (Phi) is 3.59. The average molecular weight is 312 g/mol. The summed E-state index contributed by atoms with van der Waals surface area (Å²) >= 11 is 0. The van der Waals surface area contributed by atoms with Gasteiger partial charge in [-0.1, -0.05) is 5.16 Å². The van der Waals surface area contributed by atoms with Crippen LogP contribution < -0.4 is 0 Å². The van der Waals surface area contributed by atoms with Crippen LogP contribution in [-0.2, 0) is 4.79 Å². The summed E-state index contributed by atoms with van der Waals surface area (Å²) in [7, 11) is 0. The minimum atomic E-state index is 0.240. The molecule has 1 saturated heterocycles. The monoisotopic (exact) mass is 312 g/mol. The molecule has 0 aromatic carbocycles. The van der Waals surface area contributed by atoms with Gasteiger partial charge in [0.25, 0.3) is 0 Å². The van der Waals surface area contributed by atoms with E-state index >= 15 is 0 Å². The van der Waals surface area contributed by atoms with E-state index in [1.165, 1.54) is 0 Å². The number of carbonyl (C=O) groups excluding carboxylic acids is 1. The highest BCUT2D eigenvalue weighted by Crippen LogP contribution is 2.34. The molecule has 0 bridgehead atoms. The van der Waals surface area contributed by atoms with E-state index < -0.39 is 0 Å². The Morgan fingerprint density at radius 3 is 2.74 bits per heavy atom. The minimum absolute atomic E-state index is 0.240. The number of amides is 1. The summed E-state index contributed by atoms with van der Waals surface area (Å²) in [5.41, 5.74) is 1.86. The molecule has 1 aliphatic carbocycles. The lowest BCUT2D eigenvalue weighted by Gasteiger charge is -2.30. The summed E-state index contributed by atoms with van der Waals surface area (Å²) in [5, 5.41) is 4.07. The third-order valence-electron chi connectivity index (χ3n) is 4.67. The average Bonchev–Trinajstić information content (AvgIpc) is 3.31. The fraction of sp³-hybridized carbons (Fsp3) is 0.529. The smallest absolute Gasteiger partial charge is 0.230 e. The van der Waals surface area contributed by atoms with E-state index in [0.717, 1.165) is 50.0 Å². The van der Waals surface area contributed by atoms with Crippen LogP contribution in [0.2, 0.25) is 0 Å². The molecule has 2 aromatic heterocycles. The zero-order valence-corrected chi connectivity index (χ0v) is 13.2. The maximum atomic E-state index is 12.1. The van der Waals surface area contributed by atoms with Gasteiger partial charge in [0.1, 0.15) is 5.69 Å². The number of aryl methyl sites for hydroxylation is 1. The van der Waals surface area contributed by atoms with E-state index in [1.807, 2.05) is 24.0 Å². The normalized spacial score (nSPS) is 19.1. The van der Waals surface area contributed by atoms with Crippen molar-refractivity contribution in [2.75, 3.05) is 13.1 Å². The molecule has 0 atom stereocenters. The Morgan fingerprint density at radius 2 is 2.04 bits per heavy atom. The van der Waals surface area contributed by atoms with Crippen molar-refractivity contribution in [1.29, 1.82) is 0 Å². The number of nitrogens with zero attached hydrogens (tertiary/aromatic N) is 4. The third-order valence-corrected chi connectivity index (χ3v) is 4.67. The summed E-state index contributed by atoms with van der Waals surface area (Å²) in [6.45, 7) is 3.60. The molecule has 3 heterocycles. The topological polar surface area (TPSA) is 72.1 Å². The van der Waals surface area contributed by atoms with Crippen molar-refractivity contribution < 1.29 is 9.32 Å². The van der Waals surface area contributed by atoms with E-state index in [2.05, 4.69) is 15.1 Å². The van der Waals surface area contributed by atoms with Crippen molar-refractivity contribution in [2.45, 2.75) is 38.5 Å². The molecular weight excluding hydrogens is 292 g/mol. The van der Waals surface area contributed by atoms with Crippen molar-refractivity contribution >= 4 is 5.91 Å². The first-order valence-corrected chi connectivity index (χ1v) is 8.26. The maximum Gasteiger partial charge on any atom is 0.230 e. The molecule has 2 aliphatic rings. The minimum Gasteiger partial charge on any atom is -0.342 e. The van der Waals surface area contributed by atoms with Gasteiger partial charge < -0.3 is 9.42 Å². The number of carbonyl (C=O) groups is 1. The van der Waals surface area contributed by atoms with Crippen molar-refractivity contribution in [3.8, 4) is 11.5 Å². The molecule has 120 valence electrons. The number of piperidine rings is 1. The van der Waals surface area contributed by atoms with E-state index in [-0.39, 0.29) is 5.92 Å². The number of hydrogen-bond donors (Lipinski definition) is 0. The zero-order valence-electron chi connectivity index (χ0n) is 13.2. The van der Waals surface area contributed by atoms with Crippen LogP contribution in [0, 0.1) is 12.8 Å². The zero-order chi connectivity index (χ0) is 15.8. The van der Waals surface area contributed by atoms with Gasteiger partial charge in [0.2, 0.25) is 17.6 Å². The highest BCUT2D eigenvalue weighted by atomic mass is 16.5. The number of likely N-dealkylation sites (tertiary alicyclic amines) is 1. The second kappa shape index (κ2) is 5.76. The second-order valence-corrected chi connectivity index (χ2v) is 6.55. The van der Waals surface area contributed by atoms with Crippen LogP contribution in [0.15, 0.2) is 22.9 Å². The van der Waals surface area contributed by atoms with Crippen LogP contribution in [0.5, 0.6) is 0 Å². The summed E-state index contributed by atoms with van der Waals surface area (Å²) in [6.07, 6.45) is 5.66. The largest absolute Gasteiger partial charge is 0.342 e. The van der Waals surface area contributed by atoms with Crippen molar-refractivity contribution in [1.82, 2.24) is 20.0 Å². The maximum absolute atomic E-state index is 12.1. The van der Waals surface area contributed by atoms with Crippen LogP contribution in [0.4, 0.5) is 0 Å². The third kappa shape index (κ3) is 2.98. The van der Waals surface area contributed by atoms with Crippen LogP contribution in [0.3, 0.4) is 0 Å². The number of pyridine rings is 1. The molecule has 1 saturated carbocycles. The molecule has 0 spiro atoms. The molecule has 6 heteroatoms. The fourth-order valence-electron chi connectivity index (χ4n) is 3.10. The fourth-order valence-corrected chi connectivity index (χ4v) is 3.10. The lowest BCUT2D eigenvalue weighted by Crippen LogP contribution is -2.38. The highest BCUT2D eigenvalue weighted by molar-refractivity contribution is 5.81. The second-order valence-electron chi connectivity index (χ2n) is 6.55. The molecule has 2 aromatic rings. The SMILES string of the molecule is Cc1ccnc(-c2noc(C3CCN(C(=O)C4CC4)CC3)n2)c1. The Hall–Kier alpha value is -2.24. The number of rotatable bonds is 3. The Bertz CT molecular complexity index is 715. The molecule has 2 fully saturated rings. The predicted octanol–water partition coefficient (Wildman–Crippen LogP) is 2.56. The van der Waals surface area contributed by atoms with E-state index in [0.29, 0.717) is 23.5 Å². The Balaban J connectivity index is 1.42. The van der Waals surface area contributed by atoms with Crippen LogP contribution >= 0.6 is 0 Å². The quantitative estimate of drug-likeness (QED) is 0.871. The molecular formula is C17H20N4O2. The first kappa shape index (κ1) is 14.4. The molecule has 6 nitrogen and oxygen atoms in total. The van der Waals surface area contributed by atoms with E-state index in [9.17, 15) is 4.79 Å². The molecule has 1 amide bonds. The summed E-state index contributed by atoms with van der Waals surface area (Å²) in [6, 6.07) is 3.89. The highest BCUT2D eigenvalue weighted by Gasteiger charge is 2.36. The lowest BCUT2D eigenvalue weighted by molar-refractivity contribution is -0.133. The summed E-state index contributed by atoms with van der Waals surface area (Å²) in [4.78, 5) is 22.9. The lowest BCUT2D eigenvalue weighted by atomic mass is 9.96. The van der Waals surface area contributed by atoms with E-state index in [1.54, 1.807) is 6.20 Å². The van der Waals surface area contributed by atoms with Crippen molar-refractivity contribution in [2.24, 2.45) is 5.92 Å². The van der Waals surface area contributed by atoms with E-state index in [4.69, 9.17) is 4.52 Å². The van der Waals surface area contributed by atoms with Crippen LogP contribution in [0.25, 0.3) is 11.5 Å². The van der Waals surface area contributed by atoms with Gasteiger partial charge in [-0.15, -0.1) is 0 Å². The number of aromatic nitrogens is 3. The van der Waals surface area contributed by atoms with Crippen molar-refractivity contribution in [3.05, 3.63) is 29.8 Å². The molecule has 0 N–H and O–H groups in total. The first-order valence-electron chi connectivity index (χ1n) is 8.26. The van der Waals surface area contributed by atoms with Gasteiger partial charge in [-0.25, -0.2) is 0 Å². The molecule has 23 heavy (non-hydrogen) atoms. The van der Waals surface area contributed by atoms with Gasteiger partial charge in [-0.05, 0) is 50.3 Å². The Labute approximate surface area is 134 Å². The van der Waals surface area contributed by atoms with Gasteiger partial charge in [-0.3, -0.25) is 9.78 Å². The van der Waals surface area contributed by atoms with Gasteiger partial charge in [0.05, 0.1) is 0 Å². The van der Waals surface area contributed by atoms with Gasteiger partial charge >= 0.3 is 0 Å². The van der Waals surface area contributed by atoms with Crippen molar-refractivity contribution in [3.63, 3.8) is 0 Å². The Morgan fingerprint density at radius 1 is 1.26 bits per heavy atom. The summed E-state index contributed by atoms with van der Waals surface area (Å²) < 4.78 is 5.45. The standard InChI is InChI=1S/C17H20N4O2/c1-11-4-7-18-14(10-11)15-19-16(23-20-15)12-5-8-21(9-6-12)17(22)13-2-3-13/h4,7,10,12-13H,2-3,5-6,8-9H2,1H3. The van der Waals surface area contributed by atoms with Gasteiger partial charge in [0, 0.05) is 31.1 Å². The predicted molar refractivity (Wildman–Crippen MR) is 83.5 cm³/mol. The molecule has 0 radical (unpaired) electrons. The number of hydrogen-bond acceptors (Lipinski definition) is 5. The first-order chi connectivity index (χ1) is 11.2. The molecule has 1 aliphatic heterocycles. The molecule has 4 rings (SSSR count). The summed E-state index contributed by atoms with van der Waals surface area (Å²) in [5.74, 6) is 2.08. The van der Waals surface area contributed by atoms with Gasteiger partial charge in [0.15, 0.2) is 0 Å². The van der Waals surface area contributed by atoms with Crippen LogP contribution in [0.1, 0.15) is 43.1 Å². The molecule has 0 unspecified atom stereocenters. The van der Waals surface area contributed by atoms with Gasteiger partial charge in [-0.2, -0.15) is 4.98 Å².